The van der Waals surface area contributed by atoms with Crippen LogP contribution in [0.2, 0.25) is 0 Å². The Morgan fingerprint density at radius 3 is 1.30 bits per heavy atom. The number of hydrogen-bond donors (Lipinski definition) is 2. The van der Waals surface area contributed by atoms with Gasteiger partial charge in [0, 0.05) is 32.5 Å². The van der Waals surface area contributed by atoms with Gasteiger partial charge in [0.25, 0.3) is 0 Å². The minimum absolute atomic E-state index is 0.0668. The van der Waals surface area contributed by atoms with Crippen LogP contribution in [0.15, 0.2) is 24.3 Å². The molecule has 1 aromatic rings. The van der Waals surface area contributed by atoms with Gasteiger partial charge in [0.2, 0.25) is 0 Å². The average Bonchev–Trinajstić information content (AvgIpc) is 2.76. The van der Waals surface area contributed by atoms with Gasteiger partial charge in [-0.15, -0.1) is 0 Å². The molecule has 8 nitrogen and oxygen atoms in total. The number of benzene rings is 1. The van der Waals surface area contributed by atoms with Crippen LogP contribution in [0.1, 0.15) is 25.7 Å². The Kier molecular flexibility index (Phi) is 18.5. The Bertz CT molecular complexity index is 447. The number of unbranched alkanes of at least 4 members (excludes halogenated alkanes) is 2. The maximum absolute atomic E-state index is 8.60. The molecular formula is C22H38O8. The molecule has 0 aliphatic heterocycles. The summed E-state index contributed by atoms with van der Waals surface area (Å²) < 4.78 is 32.8. The van der Waals surface area contributed by atoms with E-state index < -0.39 is 0 Å². The smallest absolute Gasteiger partial charge is 0.123 e. The number of aliphatic hydroxyl groups excluding tert-OH is 2. The molecular weight excluding hydrogens is 392 g/mol. The van der Waals surface area contributed by atoms with Crippen molar-refractivity contribution in [2.45, 2.75) is 25.7 Å². The van der Waals surface area contributed by atoms with Crippen LogP contribution in [0.3, 0.4) is 0 Å². The number of ether oxygens (including phenoxy) is 6. The average molecular weight is 431 g/mol. The molecule has 0 amide bonds. The second-order valence-corrected chi connectivity index (χ2v) is 6.48. The van der Waals surface area contributed by atoms with E-state index in [9.17, 15) is 0 Å². The molecule has 2 N–H and O–H groups in total. The van der Waals surface area contributed by atoms with Gasteiger partial charge < -0.3 is 38.6 Å². The SMILES string of the molecule is OCCOCCCCOCCOc1cccc(OCCOCCCCOCCO)c1. The maximum Gasteiger partial charge on any atom is 0.123 e. The highest BCUT2D eigenvalue weighted by Crippen LogP contribution is 2.19. The van der Waals surface area contributed by atoms with Gasteiger partial charge in [0.15, 0.2) is 0 Å². The van der Waals surface area contributed by atoms with E-state index in [1.165, 1.54) is 0 Å². The standard InChI is InChI=1S/C22H38O8/c23-8-14-25-10-1-3-12-27-16-18-29-21-6-5-7-22(20-21)30-19-17-28-13-4-2-11-26-15-9-24/h5-7,20,23-24H,1-4,8-19H2. The molecule has 1 rings (SSSR count). The van der Waals surface area contributed by atoms with Crippen LogP contribution < -0.4 is 9.47 Å². The van der Waals surface area contributed by atoms with Gasteiger partial charge in [-0.1, -0.05) is 6.07 Å². The normalized spacial score (nSPS) is 11.0. The Morgan fingerprint density at radius 2 is 0.900 bits per heavy atom. The molecule has 1 aromatic carbocycles. The lowest BCUT2D eigenvalue weighted by molar-refractivity contribution is 0.0714. The summed E-state index contributed by atoms with van der Waals surface area (Å²) in [4.78, 5) is 0. The second kappa shape index (κ2) is 20.8. The third-order valence-corrected chi connectivity index (χ3v) is 3.92. The molecule has 0 fully saturated rings. The summed E-state index contributed by atoms with van der Waals surface area (Å²) in [6.07, 6.45) is 3.69. The summed E-state index contributed by atoms with van der Waals surface area (Å²) in [5, 5.41) is 17.2. The van der Waals surface area contributed by atoms with Gasteiger partial charge in [0.1, 0.15) is 24.7 Å². The molecule has 0 bridgehead atoms. The molecule has 0 saturated carbocycles. The van der Waals surface area contributed by atoms with Crippen LogP contribution in [0.25, 0.3) is 0 Å². The van der Waals surface area contributed by atoms with E-state index in [1.54, 1.807) is 0 Å². The first-order valence-electron chi connectivity index (χ1n) is 10.7. The van der Waals surface area contributed by atoms with E-state index in [0.29, 0.717) is 66.1 Å². The van der Waals surface area contributed by atoms with Crippen molar-refractivity contribution >= 4 is 0 Å². The molecule has 0 atom stereocenters. The van der Waals surface area contributed by atoms with Gasteiger partial charge in [-0.05, 0) is 37.8 Å². The highest BCUT2D eigenvalue weighted by atomic mass is 16.5. The Hall–Kier alpha value is -1.42. The molecule has 174 valence electrons. The van der Waals surface area contributed by atoms with Crippen LogP contribution >= 0.6 is 0 Å². The molecule has 30 heavy (non-hydrogen) atoms. The first-order valence-corrected chi connectivity index (χ1v) is 10.7. The zero-order valence-corrected chi connectivity index (χ0v) is 18.0. The summed E-state index contributed by atoms with van der Waals surface area (Å²) in [7, 11) is 0. The lowest BCUT2D eigenvalue weighted by Crippen LogP contribution is -2.09. The predicted octanol–water partition coefficient (Wildman–Crippen LogP) is 2.06. The predicted molar refractivity (Wildman–Crippen MR) is 113 cm³/mol. The van der Waals surface area contributed by atoms with Crippen molar-refractivity contribution in [3.05, 3.63) is 24.3 Å². The van der Waals surface area contributed by atoms with Gasteiger partial charge in [-0.3, -0.25) is 0 Å². The van der Waals surface area contributed by atoms with Crippen molar-refractivity contribution in [1.29, 1.82) is 0 Å². The first kappa shape index (κ1) is 26.6. The fourth-order valence-corrected chi connectivity index (χ4v) is 2.44. The molecule has 0 aliphatic carbocycles. The lowest BCUT2D eigenvalue weighted by Gasteiger charge is -2.10. The van der Waals surface area contributed by atoms with E-state index in [1.807, 2.05) is 24.3 Å². The van der Waals surface area contributed by atoms with Crippen molar-refractivity contribution < 1.29 is 38.6 Å². The summed E-state index contributed by atoms with van der Waals surface area (Å²) in [6, 6.07) is 7.53. The number of rotatable bonds is 22. The highest BCUT2D eigenvalue weighted by Gasteiger charge is 1.99. The zero-order chi connectivity index (χ0) is 21.5. The zero-order valence-electron chi connectivity index (χ0n) is 18.0. The molecule has 0 spiro atoms. The summed E-state index contributed by atoms with van der Waals surface area (Å²) in [5.74, 6) is 1.50. The summed E-state index contributed by atoms with van der Waals surface area (Å²) >= 11 is 0. The Balaban J connectivity index is 1.97. The van der Waals surface area contributed by atoms with E-state index in [0.717, 1.165) is 37.2 Å². The summed E-state index contributed by atoms with van der Waals surface area (Å²) in [5.41, 5.74) is 0. The van der Waals surface area contributed by atoms with Crippen molar-refractivity contribution in [1.82, 2.24) is 0 Å². The number of hydrogen-bond acceptors (Lipinski definition) is 8. The van der Waals surface area contributed by atoms with Gasteiger partial charge in [-0.25, -0.2) is 0 Å². The fourth-order valence-electron chi connectivity index (χ4n) is 2.44. The summed E-state index contributed by atoms with van der Waals surface area (Å²) in [6.45, 7) is 5.59. The molecule has 0 saturated heterocycles. The topological polar surface area (TPSA) is 95.8 Å². The Labute approximate surface area is 180 Å². The van der Waals surface area contributed by atoms with E-state index >= 15 is 0 Å². The van der Waals surface area contributed by atoms with Gasteiger partial charge >= 0.3 is 0 Å². The maximum atomic E-state index is 8.60. The fraction of sp³-hybridized carbons (Fsp3) is 0.727. The quantitative estimate of drug-likeness (QED) is 0.270. The third kappa shape index (κ3) is 16.4. The first-order chi connectivity index (χ1) is 14.9. The van der Waals surface area contributed by atoms with E-state index in [-0.39, 0.29) is 13.2 Å². The minimum Gasteiger partial charge on any atom is -0.491 e. The monoisotopic (exact) mass is 430 g/mol. The molecule has 0 unspecified atom stereocenters. The van der Waals surface area contributed by atoms with E-state index in [4.69, 9.17) is 38.6 Å². The van der Waals surface area contributed by atoms with Gasteiger partial charge in [0.05, 0.1) is 39.6 Å². The van der Waals surface area contributed by atoms with Crippen LogP contribution in [-0.2, 0) is 18.9 Å². The van der Waals surface area contributed by atoms with Crippen molar-refractivity contribution in [2.75, 3.05) is 79.3 Å². The van der Waals surface area contributed by atoms with Crippen LogP contribution in [0.4, 0.5) is 0 Å². The van der Waals surface area contributed by atoms with Gasteiger partial charge in [-0.2, -0.15) is 0 Å². The van der Waals surface area contributed by atoms with Crippen molar-refractivity contribution in [3.8, 4) is 11.5 Å². The van der Waals surface area contributed by atoms with Crippen LogP contribution in [-0.4, -0.2) is 89.5 Å². The largest absolute Gasteiger partial charge is 0.491 e. The second-order valence-electron chi connectivity index (χ2n) is 6.48. The van der Waals surface area contributed by atoms with Crippen molar-refractivity contribution in [3.63, 3.8) is 0 Å². The van der Waals surface area contributed by atoms with Crippen LogP contribution in [0, 0.1) is 0 Å². The van der Waals surface area contributed by atoms with Crippen molar-refractivity contribution in [2.24, 2.45) is 0 Å². The van der Waals surface area contributed by atoms with Crippen LogP contribution in [0.5, 0.6) is 11.5 Å². The van der Waals surface area contributed by atoms with E-state index in [2.05, 4.69) is 0 Å². The number of aliphatic hydroxyl groups is 2. The minimum atomic E-state index is 0.0668. The molecule has 8 heteroatoms. The Morgan fingerprint density at radius 1 is 0.500 bits per heavy atom. The third-order valence-electron chi connectivity index (χ3n) is 3.92. The molecule has 0 heterocycles. The molecule has 0 aliphatic rings. The molecule has 0 radical (unpaired) electrons. The highest BCUT2D eigenvalue weighted by molar-refractivity contribution is 5.32. The molecule has 0 aromatic heterocycles. The lowest BCUT2D eigenvalue weighted by atomic mass is 10.3.